The van der Waals surface area contributed by atoms with Gasteiger partial charge in [-0.25, -0.2) is 14.8 Å². The van der Waals surface area contributed by atoms with Gasteiger partial charge in [0.25, 0.3) is 10.1 Å². The molecule has 52 heavy (non-hydrogen) atoms. The van der Waals surface area contributed by atoms with E-state index in [1.807, 2.05) is 62.1 Å². The first-order valence-corrected chi connectivity index (χ1v) is 19.2. The van der Waals surface area contributed by atoms with Gasteiger partial charge in [0.05, 0.1) is 30.2 Å². The molecule has 0 saturated carbocycles. The van der Waals surface area contributed by atoms with E-state index in [0.717, 1.165) is 46.7 Å². The Morgan fingerprint density at radius 3 is 2.23 bits per heavy atom. The third-order valence-corrected chi connectivity index (χ3v) is 9.76. The number of aryl methyl sites for hydroxylation is 1. The quantitative estimate of drug-likeness (QED) is 0.133. The molecule has 0 atom stereocenters. The minimum Gasteiger partial charge on any atom is -0.493 e. The molecule has 0 unspecified atom stereocenters. The summed E-state index contributed by atoms with van der Waals surface area (Å²) in [4.78, 5) is 28.5. The number of piperazine rings is 1. The van der Waals surface area contributed by atoms with Crippen LogP contribution in [0.15, 0.2) is 71.9 Å². The number of rotatable bonds is 11. The van der Waals surface area contributed by atoms with E-state index in [1.54, 1.807) is 25.6 Å². The molecule has 2 fully saturated rings. The Kier molecular flexibility index (Phi) is 13.5. The van der Waals surface area contributed by atoms with Crippen LogP contribution in [0.2, 0.25) is 0 Å². The second-order valence-electron chi connectivity index (χ2n) is 13.2. The number of likely N-dealkylation sites (tertiary alicyclic amines) is 1. The number of carbonyl (C=O) groups is 1. The molecule has 2 N–H and O–H groups in total. The maximum atomic E-state index is 12.9. The number of nitrogens with zero attached hydrogens (tertiary/aromatic N) is 5. The lowest BCUT2D eigenvalue weighted by Gasteiger charge is -2.35. The number of aromatic nitrogens is 2. The Morgan fingerprint density at radius 2 is 1.60 bits per heavy atom. The first kappa shape index (κ1) is 38.6. The lowest BCUT2D eigenvalue weighted by Crippen LogP contribution is -2.50. The number of amides is 2. The maximum Gasteiger partial charge on any atom is 0.321 e. The van der Waals surface area contributed by atoms with Crippen molar-refractivity contribution >= 4 is 38.6 Å². The normalized spacial score (nSPS) is 15.2. The summed E-state index contributed by atoms with van der Waals surface area (Å²) in [6, 6.07) is 17.2. The average Bonchev–Trinajstić information content (AvgIpc) is 3.14. The van der Waals surface area contributed by atoms with Crippen LogP contribution >= 0.6 is 0 Å². The topological polar surface area (TPSA) is 147 Å². The number of nitrogens with one attached hydrogen (secondary N) is 1. The number of hydrogen-bond donors (Lipinski definition) is 2. The van der Waals surface area contributed by atoms with Crippen molar-refractivity contribution in [2.75, 3.05) is 69.7 Å². The molecule has 0 radical (unpaired) electrons. The molecule has 2 saturated heterocycles. The summed E-state index contributed by atoms with van der Waals surface area (Å²) in [6.07, 6.45) is 6.62. The molecule has 0 aliphatic carbocycles. The lowest BCUT2D eigenvalue weighted by molar-refractivity contribution is 0.203. The number of methoxy groups -OCH3 is 1. The fraction of sp³-hybridized carbons (Fsp3) is 0.447. The van der Waals surface area contributed by atoms with E-state index in [2.05, 4.69) is 25.1 Å². The van der Waals surface area contributed by atoms with Crippen LogP contribution in [0.5, 0.6) is 17.2 Å². The smallest absolute Gasteiger partial charge is 0.321 e. The number of piperidine rings is 1. The minimum absolute atomic E-state index is 0.0666. The summed E-state index contributed by atoms with van der Waals surface area (Å²) in [5, 5.41) is 3.90. The minimum atomic E-state index is -4.02. The predicted octanol–water partition coefficient (Wildman–Crippen LogP) is 6.28. The summed E-state index contributed by atoms with van der Waals surface area (Å²) < 4.78 is 47.1. The van der Waals surface area contributed by atoms with E-state index in [1.165, 1.54) is 44.5 Å². The summed E-state index contributed by atoms with van der Waals surface area (Å²) >= 11 is 0. The highest BCUT2D eigenvalue weighted by atomic mass is 32.2. The van der Waals surface area contributed by atoms with Crippen molar-refractivity contribution in [2.24, 2.45) is 0 Å². The van der Waals surface area contributed by atoms with E-state index in [-0.39, 0.29) is 17.0 Å². The first-order valence-electron chi connectivity index (χ1n) is 17.8. The van der Waals surface area contributed by atoms with Crippen LogP contribution in [0.3, 0.4) is 0 Å². The molecule has 6 rings (SSSR count). The van der Waals surface area contributed by atoms with Crippen molar-refractivity contribution in [3.05, 3.63) is 72.6 Å². The van der Waals surface area contributed by atoms with Gasteiger partial charge in [0.1, 0.15) is 17.9 Å². The monoisotopic (exact) mass is 734 g/mol. The molecule has 280 valence electrons. The van der Waals surface area contributed by atoms with E-state index >= 15 is 0 Å². The Bertz CT molecular complexity index is 1860. The summed E-state index contributed by atoms with van der Waals surface area (Å²) in [5.41, 5.74) is 2.51. The molecular weight excluding hydrogens is 685 g/mol. The molecule has 3 heterocycles. The molecule has 0 spiro atoms. The SMILES string of the molecule is COc1cc2c(N3CCN(C(=O)Nc4ccc(OC(C)C)cc4)CC3)ncnc2cc1OCCCN1CCCCC1.Cc1ccc(S(=O)(=O)O)cc1. The Labute approximate surface area is 306 Å². The molecule has 14 heteroatoms. The maximum absolute atomic E-state index is 12.9. The number of benzene rings is 3. The number of carbonyl (C=O) groups excluding carboxylic acids is 1. The number of anilines is 2. The Balaban J connectivity index is 0.000000407. The van der Waals surface area contributed by atoms with Crippen molar-refractivity contribution in [2.45, 2.75) is 57.5 Å². The van der Waals surface area contributed by atoms with Gasteiger partial charge < -0.3 is 34.2 Å². The highest BCUT2D eigenvalue weighted by Gasteiger charge is 2.24. The zero-order chi connectivity index (χ0) is 37.1. The Hall–Kier alpha value is -4.66. The van der Waals surface area contributed by atoms with Gasteiger partial charge in [-0.15, -0.1) is 0 Å². The van der Waals surface area contributed by atoms with Crippen molar-refractivity contribution in [3.63, 3.8) is 0 Å². The molecule has 2 aliphatic rings. The van der Waals surface area contributed by atoms with Crippen LogP contribution < -0.4 is 24.4 Å². The number of ether oxygens (including phenoxy) is 3. The standard InChI is InChI=1S/C31H42N6O4.C7H8O3S/c1-23(2)41-25-10-8-24(9-11-25)34-31(38)37-17-15-36(16-18-37)30-26-20-28(39-3)29(21-27(26)32-22-33-30)40-19-7-14-35-12-5-4-6-13-35;1-6-2-4-7(5-3-6)11(8,9)10/h8-11,20-23H,4-7,12-19H2,1-3H3,(H,34,38);2-5H,1H3,(H,8,9,10). The number of fused-ring (bicyclic) bond motifs is 1. The predicted molar refractivity (Wildman–Crippen MR) is 202 cm³/mol. The fourth-order valence-corrected chi connectivity index (χ4v) is 6.63. The number of hydrogen-bond acceptors (Lipinski definition) is 10. The molecule has 2 aliphatic heterocycles. The van der Waals surface area contributed by atoms with Crippen LogP contribution in [0.25, 0.3) is 10.9 Å². The van der Waals surface area contributed by atoms with Crippen molar-refractivity contribution in [1.82, 2.24) is 19.8 Å². The van der Waals surface area contributed by atoms with Gasteiger partial charge in [-0.05, 0) is 95.6 Å². The molecule has 2 amide bonds. The fourth-order valence-electron chi connectivity index (χ4n) is 6.15. The zero-order valence-corrected chi connectivity index (χ0v) is 31.3. The van der Waals surface area contributed by atoms with Gasteiger partial charge >= 0.3 is 6.03 Å². The second kappa shape index (κ2) is 18.2. The van der Waals surface area contributed by atoms with Gasteiger partial charge in [0.15, 0.2) is 11.5 Å². The van der Waals surface area contributed by atoms with Crippen molar-refractivity contribution < 1.29 is 32.0 Å². The van der Waals surface area contributed by atoms with Gasteiger partial charge in [-0.3, -0.25) is 4.55 Å². The third-order valence-electron chi connectivity index (χ3n) is 8.89. The molecule has 0 bridgehead atoms. The van der Waals surface area contributed by atoms with Crippen molar-refractivity contribution in [1.29, 1.82) is 0 Å². The highest BCUT2D eigenvalue weighted by molar-refractivity contribution is 7.85. The van der Waals surface area contributed by atoms with Crippen LogP contribution in [-0.4, -0.2) is 104 Å². The summed E-state index contributed by atoms with van der Waals surface area (Å²) in [5.74, 6) is 3.00. The van der Waals surface area contributed by atoms with Crippen LogP contribution in [-0.2, 0) is 10.1 Å². The van der Waals surface area contributed by atoms with Crippen LogP contribution in [0, 0.1) is 6.92 Å². The highest BCUT2D eigenvalue weighted by Crippen LogP contribution is 2.35. The average molecular weight is 735 g/mol. The van der Waals surface area contributed by atoms with Crippen LogP contribution in [0.1, 0.15) is 45.1 Å². The summed E-state index contributed by atoms with van der Waals surface area (Å²) in [7, 11) is -2.36. The number of urea groups is 1. The zero-order valence-electron chi connectivity index (χ0n) is 30.5. The van der Waals surface area contributed by atoms with E-state index < -0.39 is 10.1 Å². The van der Waals surface area contributed by atoms with Gasteiger partial charge in [0.2, 0.25) is 0 Å². The molecular formula is C38H50N6O7S. The second-order valence-corrected chi connectivity index (χ2v) is 14.6. The van der Waals surface area contributed by atoms with E-state index in [0.29, 0.717) is 44.3 Å². The summed E-state index contributed by atoms with van der Waals surface area (Å²) in [6.45, 7) is 12.4. The van der Waals surface area contributed by atoms with Crippen LogP contribution in [0.4, 0.5) is 16.3 Å². The molecule has 3 aromatic carbocycles. The van der Waals surface area contributed by atoms with E-state index in [9.17, 15) is 13.2 Å². The molecule has 13 nitrogen and oxygen atoms in total. The van der Waals surface area contributed by atoms with Gasteiger partial charge in [-0.2, -0.15) is 8.42 Å². The Morgan fingerprint density at radius 1 is 0.904 bits per heavy atom. The lowest BCUT2D eigenvalue weighted by atomic mass is 10.1. The van der Waals surface area contributed by atoms with Gasteiger partial charge in [-0.1, -0.05) is 24.1 Å². The van der Waals surface area contributed by atoms with E-state index in [4.69, 9.17) is 18.8 Å². The van der Waals surface area contributed by atoms with Gasteiger partial charge in [0, 0.05) is 49.9 Å². The largest absolute Gasteiger partial charge is 0.493 e. The molecule has 1 aromatic heterocycles. The third kappa shape index (κ3) is 10.9. The van der Waals surface area contributed by atoms with Crippen molar-refractivity contribution in [3.8, 4) is 17.2 Å². The molecule has 4 aromatic rings. The first-order chi connectivity index (χ1) is 25.0.